The molecule has 1 rings (SSSR count). The van der Waals surface area contributed by atoms with Gasteiger partial charge in [0, 0.05) is 0 Å². The van der Waals surface area contributed by atoms with Crippen molar-refractivity contribution in [3.63, 3.8) is 0 Å². The average Bonchev–Trinajstić information content (AvgIpc) is 2.35. The molecule has 1 heterocycles. The van der Waals surface area contributed by atoms with Crippen LogP contribution in [0.25, 0.3) is 0 Å². The highest BCUT2D eigenvalue weighted by molar-refractivity contribution is 6.59. The highest BCUT2D eigenvalue weighted by atomic mass is 28.4. The van der Waals surface area contributed by atoms with Gasteiger partial charge >= 0.3 is 0 Å². The van der Waals surface area contributed by atoms with Crippen LogP contribution in [-0.4, -0.2) is 90.3 Å². The van der Waals surface area contributed by atoms with Crippen molar-refractivity contribution in [2.24, 2.45) is 0 Å². The Bertz CT molecular complexity index is 148. The number of hydrogen-bond donors (Lipinski definition) is 0. The van der Waals surface area contributed by atoms with Crippen LogP contribution in [0.1, 0.15) is 0 Å². The first kappa shape index (κ1) is 19.6. The van der Waals surface area contributed by atoms with Gasteiger partial charge in [-0.15, -0.1) is 0 Å². The first-order chi connectivity index (χ1) is 8.81. The van der Waals surface area contributed by atoms with E-state index in [1.54, 1.807) is 0 Å². The van der Waals surface area contributed by atoms with Crippen molar-refractivity contribution >= 4 is 90.3 Å². The van der Waals surface area contributed by atoms with Gasteiger partial charge < -0.3 is 32.9 Å². The third kappa shape index (κ3) is 15.7. The van der Waals surface area contributed by atoms with Crippen LogP contribution in [-0.2, 0) is 32.9 Å². The molecule has 8 nitrogen and oxygen atoms in total. The van der Waals surface area contributed by atoms with E-state index in [9.17, 15) is 0 Å². The highest BCUT2D eigenvalue weighted by Crippen LogP contribution is 1.89. The Morgan fingerprint density at radius 2 is 1.39 bits per heavy atom. The van der Waals surface area contributed by atoms with Crippen LogP contribution in [0.5, 0.6) is 0 Å². The lowest BCUT2D eigenvalue weighted by atomic mass is 11.9. The molecule has 0 aliphatic carbocycles. The molecule has 1 aliphatic rings. The lowest BCUT2D eigenvalue weighted by Gasteiger charge is -2.16. The second-order valence-electron chi connectivity index (χ2n) is 3.00. The maximum Gasteiger partial charge on any atom is 0.299 e. The van der Waals surface area contributed by atoms with Gasteiger partial charge in [-0.2, -0.15) is 0 Å². The van der Waals surface area contributed by atoms with Gasteiger partial charge in [-0.3, -0.25) is 0 Å². The molecule has 0 bridgehead atoms. The molecule has 1 aliphatic heterocycles. The second kappa shape index (κ2) is 16.7. The molecule has 0 unspecified atom stereocenters. The maximum absolute atomic E-state index is 5.31. The van der Waals surface area contributed by atoms with Gasteiger partial charge in [-0.25, -0.2) is 0 Å². The Labute approximate surface area is 129 Å². The summed E-state index contributed by atoms with van der Waals surface area (Å²) in [4.78, 5) is 0. The van der Waals surface area contributed by atoms with E-state index in [0.29, 0.717) is 0 Å². The van der Waals surface area contributed by atoms with E-state index in [2.05, 4.69) is 0 Å². The Morgan fingerprint density at radius 1 is 0.889 bits per heavy atom. The van der Waals surface area contributed by atoms with Crippen molar-refractivity contribution in [1.29, 1.82) is 0 Å². The first-order valence-electron chi connectivity index (χ1n) is 5.33. The van der Waals surface area contributed by atoms with Gasteiger partial charge in [0.2, 0.25) is 0 Å². The quantitative estimate of drug-likeness (QED) is 0.313. The minimum Gasteiger partial charge on any atom is -0.449 e. The van der Waals surface area contributed by atoms with E-state index in [4.69, 9.17) is 32.9 Å². The van der Waals surface area contributed by atoms with E-state index in [1.165, 1.54) is 0 Å². The van der Waals surface area contributed by atoms with E-state index in [0.717, 1.165) is 21.0 Å². The smallest absolute Gasteiger partial charge is 0.299 e. The molecule has 0 N–H and O–H groups in total. The molecule has 18 heavy (non-hydrogen) atoms. The number of hydrogen-bond acceptors (Lipinski definition) is 8. The molecule has 1 fully saturated rings. The van der Waals surface area contributed by atoms with Crippen molar-refractivity contribution in [3.05, 3.63) is 0 Å². The van der Waals surface area contributed by atoms with Crippen LogP contribution in [0, 0.1) is 0 Å². The third-order valence-corrected chi connectivity index (χ3v) is 13.6. The van der Waals surface area contributed by atoms with E-state index >= 15 is 0 Å². The Morgan fingerprint density at radius 3 is 1.83 bits per heavy atom. The lowest BCUT2D eigenvalue weighted by Crippen LogP contribution is -2.30. The van der Waals surface area contributed by atoms with Crippen LogP contribution < -0.4 is 0 Å². The normalized spacial score (nSPS) is 26.8. The molecular formula is CH22O8Si9. The predicted molar refractivity (Wildman–Crippen MR) is 92.8 cm³/mol. The number of rotatable bonds is 6. The van der Waals surface area contributed by atoms with E-state index < -0.39 is 69.3 Å². The van der Waals surface area contributed by atoms with Gasteiger partial charge in [0.05, 0.1) is 0 Å². The summed E-state index contributed by atoms with van der Waals surface area (Å²) in [5.74, 6) is 0. The van der Waals surface area contributed by atoms with E-state index in [1.807, 2.05) is 6.55 Å². The molecule has 0 aromatic carbocycles. The predicted octanol–water partition coefficient (Wildman–Crippen LogP) is -8.48. The van der Waals surface area contributed by atoms with Crippen molar-refractivity contribution in [2.45, 2.75) is 6.55 Å². The van der Waals surface area contributed by atoms with Crippen LogP contribution in [0.4, 0.5) is 0 Å². The van der Waals surface area contributed by atoms with Crippen LogP contribution in [0.15, 0.2) is 0 Å². The van der Waals surface area contributed by atoms with Gasteiger partial charge in [0.25, 0.3) is 69.3 Å². The standard InChI is InChI=1S/CH10O4Si4.H12O4Si5/c1-9-4-7-2-6-3-8-5-9;5-1-7-3-9-4-8-2-6/h9H,6-8H2,1H3;7-9H2,5-6H3. The van der Waals surface area contributed by atoms with Gasteiger partial charge in [0.15, 0.2) is 0 Å². The average molecular weight is 415 g/mol. The molecule has 1 saturated heterocycles. The summed E-state index contributed by atoms with van der Waals surface area (Å²) in [5.41, 5.74) is 0. The fourth-order valence-corrected chi connectivity index (χ4v) is 14.5. The molecule has 0 saturated carbocycles. The summed E-state index contributed by atoms with van der Waals surface area (Å²) in [5, 5.41) is 0. The highest BCUT2D eigenvalue weighted by Gasteiger charge is 2.08. The zero-order valence-electron chi connectivity index (χ0n) is 11.1. The molecule has 110 valence electrons. The van der Waals surface area contributed by atoms with Gasteiger partial charge in [0.1, 0.15) is 21.0 Å². The lowest BCUT2D eigenvalue weighted by molar-refractivity contribution is 0.333. The molecule has 0 amide bonds. The molecule has 0 atom stereocenters. The largest absolute Gasteiger partial charge is 0.449 e. The van der Waals surface area contributed by atoms with Crippen molar-refractivity contribution in [3.8, 4) is 0 Å². The Kier molecular flexibility index (Phi) is 18.2. The molecular weight excluding hydrogens is 393 g/mol. The topological polar surface area (TPSA) is 73.8 Å². The minimum absolute atomic E-state index is 0.630. The Balaban J connectivity index is 0.000000321. The zero-order chi connectivity index (χ0) is 13.5. The van der Waals surface area contributed by atoms with E-state index in [-0.39, 0.29) is 0 Å². The summed E-state index contributed by atoms with van der Waals surface area (Å²) in [6.07, 6.45) is 0. The summed E-state index contributed by atoms with van der Waals surface area (Å²) in [6, 6.07) is 0. The third-order valence-electron chi connectivity index (χ3n) is 1.51. The fourth-order valence-electron chi connectivity index (χ4n) is 0.757. The monoisotopic (exact) mass is 414 g/mol. The van der Waals surface area contributed by atoms with Gasteiger partial charge in [-0.1, -0.05) is 0 Å². The molecule has 0 aromatic heterocycles. The Hall–Kier alpha value is 1.63. The molecule has 0 radical (unpaired) electrons. The minimum atomic E-state index is -1.27. The summed E-state index contributed by atoms with van der Waals surface area (Å²) < 4.78 is 41.0. The van der Waals surface area contributed by atoms with Crippen LogP contribution in [0.3, 0.4) is 0 Å². The SMILES string of the molecule is C[SiH]1O[SiH2]O[SiH2]O[SiH2]O1.[SiH3]O[SiH2]O[SiH2]O[SiH2]O[SiH3]. The zero-order valence-corrected chi connectivity index (χ0v) is 24.7. The van der Waals surface area contributed by atoms with Gasteiger partial charge in [-0.05, 0) is 6.55 Å². The fraction of sp³-hybridized carbons (Fsp3) is 1.00. The summed E-state index contributed by atoms with van der Waals surface area (Å²) in [6.45, 7) is 2.01. The first-order valence-corrected chi connectivity index (χ1v) is 16.0. The van der Waals surface area contributed by atoms with Crippen LogP contribution >= 0.6 is 0 Å². The second-order valence-corrected chi connectivity index (χ2v) is 19.4. The molecule has 0 spiro atoms. The molecule has 17 heteroatoms. The van der Waals surface area contributed by atoms with Crippen molar-refractivity contribution < 1.29 is 32.9 Å². The molecule has 0 aromatic rings. The van der Waals surface area contributed by atoms with Crippen LogP contribution in [0.2, 0.25) is 6.55 Å². The van der Waals surface area contributed by atoms with Crippen molar-refractivity contribution in [2.75, 3.05) is 0 Å². The maximum atomic E-state index is 5.31. The summed E-state index contributed by atoms with van der Waals surface area (Å²) >= 11 is 0. The van der Waals surface area contributed by atoms with Crippen molar-refractivity contribution in [1.82, 2.24) is 0 Å². The summed E-state index contributed by atoms with van der Waals surface area (Å²) in [7, 11) is -3.70.